The van der Waals surface area contributed by atoms with E-state index in [0.717, 1.165) is 11.2 Å². The molecule has 0 aliphatic rings. The summed E-state index contributed by atoms with van der Waals surface area (Å²) in [5.41, 5.74) is 2.98. The van der Waals surface area contributed by atoms with Gasteiger partial charge in [0.2, 0.25) is 5.91 Å². The van der Waals surface area contributed by atoms with E-state index >= 15 is 0 Å². The third-order valence-corrected chi connectivity index (χ3v) is 4.39. The molecule has 118 valence electrons. The Kier molecular flexibility index (Phi) is 4.48. The maximum absolute atomic E-state index is 12.2. The molecule has 7 heteroatoms. The summed E-state index contributed by atoms with van der Waals surface area (Å²) in [6.07, 6.45) is 3.86. The van der Waals surface area contributed by atoms with E-state index in [-0.39, 0.29) is 12.3 Å². The molecule has 3 aromatic rings. The Bertz CT molecular complexity index is 905. The van der Waals surface area contributed by atoms with Crippen LogP contribution in [0.1, 0.15) is 11.3 Å². The number of hydrogen-bond donors (Lipinski definition) is 1. The van der Waals surface area contributed by atoms with Gasteiger partial charge in [0.05, 0.1) is 32.9 Å². The normalized spacial score (nSPS) is 11.0. The van der Waals surface area contributed by atoms with Gasteiger partial charge in [-0.25, -0.2) is 4.98 Å². The monoisotopic (exact) mass is 367 g/mol. The lowest BCUT2D eigenvalue weighted by Crippen LogP contribution is -2.15. The average molecular weight is 369 g/mol. The van der Waals surface area contributed by atoms with Gasteiger partial charge in [-0.1, -0.05) is 40.9 Å². The van der Waals surface area contributed by atoms with Gasteiger partial charge in [0.1, 0.15) is 5.65 Å². The number of hydrogen-bond acceptors (Lipinski definition) is 2. The predicted octanol–water partition coefficient (Wildman–Crippen LogP) is 4.78. The van der Waals surface area contributed by atoms with Crippen LogP contribution in [-0.2, 0) is 11.2 Å². The zero-order valence-electron chi connectivity index (χ0n) is 12.1. The van der Waals surface area contributed by atoms with Gasteiger partial charge in [-0.3, -0.25) is 4.79 Å². The van der Waals surface area contributed by atoms with Crippen LogP contribution in [0.5, 0.6) is 0 Å². The number of carbonyl (C=O) groups is 1. The number of carbonyl (C=O) groups excluding carboxylic acids is 1. The molecule has 1 amide bonds. The highest BCUT2D eigenvalue weighted by Crippen LogP contribution is 2.32. The topological polar surface area (TPSA) is 46.4 Å². The third kappa shape index (κ3) is 3.44. The second-order valence-electron chi connectivity index (χ2n) is 5.13. The van der Waals surface area contributed by atoms with Crippen molar-refractivity contribution in [1.29, 1.82) is 0 Å². The van der Waals surface area contributed by atoms with E-state index in [1.54, 1.807) is 0 Å². The maximum atomic E-state index is 12.2. The van der Waals surface area contributed by atoms with E-state index in [1.165, 1.54) is 12.1 Å². The van der Waals surface area contributed by atoms with Crippen LogP contribution in [0.25, 0.3) is 5.65 Å². The van der Waals surface area contributed by atoms with Crippen LogP contribution in [-0.4, -0.2) is 15.3 Å². The van der Waals surface area contributed by atoms with Gasteiger partial charge >= 0.3 is 0 Å². The Morgan fingerprint density at radius 2 is 1.96 bits per heavy atom. The van der Waals surface area contributed by atoms with Gasteiger partial charge in [-0.2, -0.15) is 0 Å². The number of aryl methyl sites for hydroxylation is 1. The molecule has 4 nitrogen and oxygen atoms in total. The lowest BCUT2D eigenvalue weighted by atomic mass is 10.2. The number of fused-ring (bicyclic) bond motifs is 1. The molecule has 2 aromatic heterocycles. The fourth-order valence-electron chi connectivity index (χ4n) is 2.27. The molecular formula is C16H12Cl3N3O. The number of anilines is 1. The van der Waals surface area contributed by atoms with Crippen molar-refractivity contribution in [2.45, 2.75) is 13.3 Å². The van der Waals surface area contributed by atoms with E-state index in [1.807, 2.05) is 35.9 Å². The highest BCUT2D eigenvalue weighted by atomic mass is 35.5. The number of nitrogens with zero attached hydrogens (tertiary/aromatic N) is 2. The first-order chi connectivity index (χ1) is 10.9. The third-order valence-electron chi connectivity index (χ3n) is 3.35. The zero-order chi connectivity index (χ0) is 16.6. The predicted molar refractivity (Wildman–Crippen MR) is 93.7 cm³/mol. The molecule has 0 saturated heterocycles. The number of halogens is 3. The van der Waals surface area contributed by atoms with Crippen molar-refractivity contribution >= 4 is 52.0 Å². The Morgan fingerprint density at radius 3 is 2.70 bits per heavy atom. The fourth-order valence-corrected chi connectivity index (χ4v) is 2.86. The number of aromatic nitrogens is 2. The number of imidazole rings is 1. The van der Waals surface area contributed by atoms with Gasteiger partial charge < -0.3 is 9.72 Å². The van der Waals surface area contributed by atoms with E-state index < -0.39 is 0 Å². The fraction of sp³-hybridized carbons (Fsp3) is 0.125. The largest absolute Gasteiger partial charge is 0.324 e. The summed E-state index contributed by atoms with van der Waals surface area (Å²) in [7, 11) is 0. The number of rotatable bonds is 3. The zero-order valence-corrected chi connectivity index (χ0v) is 14.4. The highest BCUT2D eigenvalue weighted by Gasteiger charge is 2.12. The molecule has 0 spiro atoms. The van der Waals surface area contributed by atoms with Gasteiger partial charge in [0.25, 0.3) is 0 Å². The van der Waals surface area contributed by atoms with Crippen molar-refractivity contribution in [1.82, 2.24) is 9.38 Å². The summed E-state index contributed by atoms with van der Waals surface area (Å²) in [6.45, 7) is 1.97. The molecule has 0 unspecified atom stereocenters. The molecular weight excluding hydrogens is 357 g/mol. The molecule has 0 saturated carbocycles. The number of pyridine rings is 1. The SMILES string of the molecule is Cc1cccn2cc(CC(=O)Nc3cc(Cl)c(Cl)cc3Cl)nc12. The second kappa shape index (κ2) is 6.40. The summed E-state index contributed by atoms with van der Waals surface area (Å²) in [6, 6.07) is 6.93. The van der Waals surface area contributed by atoms with Gasteiger partial charge in [-0.15, -0.1) is 0 Å². The van der Waals surface area contributed by atoms with Crippen molar-refractivity contribution in [3.05, 3.63) is 63.0 Å². The number of amides is 1. The summed E-state index contributed by atoms with van der Waals surface area (Å²) in [5.74, 6) is -0.230. The van der Waals surface area contributed by atoms with E-state index in [4.69, 9.17) is 34.8 Å². The molecule has 3 rings (SSSR count). The lowest BCUT2D eigenvalue weighted by Gasteiger charge is -2.08. The van der Waals surface area contributed by atoms with Crippen molar-refractivity contribution in [3.63, 3.8) is 0 Å². The van der Waals surface area contributed by atoms with Crippen molar-refractivity contribution < 1.29 is 4.79 Å². The Balaban J connectivity index is 1.79. The summed E-state index contributed by atoms with van der Waals surface area (Å²) < 4.78 is 1.89. The van der Waals surface area contributed by atoms with Gasteiger partial charge in [0, 0.05) is 12.4 Å². The van der Waals surface area contributed by atoms with Crippen molar-refractivity contribution in [2.75, 3.05) is 5.32 Å². The first-order valence-electron chi connectivity index (χ1n) is 6.81. The molecule has 23 heavy (non-hydrogen) atoms. The van der Waals surface area contributed by atoms with E-state index in [9.17, 15) is 4.79 Å². The minimum absolute atomic E-state index is 0.137. The second-order valence-corrected chi connectivity index (χ2v) is 6.35. The van der Waals surface area contributed by atoms with Crippen LogP contribution < -0.4 is 5.32 Å². The first-order valence-corrected chi connectivity index (χ1v) is 7.95. The van der Waals surface area contributed by atoms with Crippen LogP contribution in [0.4, 0.5) is 5.69 Å². The summed E-state index contributed by atoms with van der Waals surface area (Å²) >= 11 is 17.9. The van der Waals surface area contributed by atoms with Crippen LogP contribution in [0.15, 0.2) is 36.7 Å². The molecule has 0 aliphatic heterocycles. The molecule has 1 N–H and O–H groups in total. The van der Waals surface area contributed by atoms with Crippen molar-refractivity contribution in [2.24, 2.45) is 0 Å². The summed E-state index contributed by atoms with van der Waals surface area (Å²) in [5, 5.41) is 3.72. The quantitative estimate of drug-likeness (QED) is 0.676. The Hall–Kier alpha value is -1.75. The number of nitrogens with one attached hydrogen (secondary N) is 1. The van der Waals surface area contributed by atoms with Crippen LogP contribution >= 0.6 is 34.8 Å². The first kappa shape index (κ1) is 16.1. The lowest BCUT2D eigenvalue weighted by molar-refractivity contribution is -0.115. The van der Waals surface area contributed by atoms with Gasteiger partial charge in [0.15, 0.2) is 0 Å². The minimum atomic E-state index is -0.230. The van der Waals surface area contributed by atoms with Crippen LogP contribution in [0, 0.1) is 6.92 Å². The minimum Gasteiger partial charge on any atom is -0.324 e. The van der Waals surface area contributed by atoms with Crippen LogP contribution in [0.3, 0.4) is 0 Å². The average Bonchev–Trinajstić information content (AvgIpc) is 2.88. The Morgan fingerprint density at radius 1 is 1.22 bits per heavy atom. The molecule has 0 atom stereocenters. The number of benzene rings is 1. The van der Waals surface area contributed by atoms with E-state index in [2.05, 4.69) is 10.3 Å². The van der Waals surface area contributed by atoms with Crippen molar-refractivity contribution in [3.8, 4) is 0 Å². The van der Waals surface area contributed by atoms with Crippen LogP contribution in [0.2, 0.25) is 15.1 Å². The highest BCUT2D eigenvalue weighted by molar-refractivity contribution is 6.44. The smallest absolute Gasteiger partial charge is 0.230 e. The molecule has 0 aliphatic carbocycles. The van der Waals surface area contributed by atoms with E-state index in [0.29, 0.717) is 26.4 Å². The molecule has 2 heterocycles. The van der Waals surface area contributed by atoms with Gasteiger partial charge in [-0.05, 0) is 30.7 Å². The molecule has 0 radical (unpaired) electrons. The molecule has 0 bridgehead atoms. The Labute approximate surface area is 148 Å². The summed E-state index contributed by atoms with van der Waals surface area (Å²) in [4.78, 5) is 16.7. The standard InChI is InChI=1S/C16H12Cl3N3O/c1-9-3-2-4-22-8-10(20-16(9)22)5-15(23)21-14-7-12(18)11(17)6-13(14)19/h2-4,6-8H,5H2,1H3,(H,21,23). The molecule has 1 aromatic carbocycles. The maximum Gasteiger partial charge on any atom is 0.230 e. The molecule has 0 fully saturated rings.